The molecule has 2 heterocycles. The monoisotopic (exact) mass is 240 g/mol. The third-order valence-electron chi connectivity index (χ3n) is 2.57. The number of rotatable bonds is 2. The molecule has 3 rings (SSSR count). The van der Waals surface area contributed by atoms with Gasteiger partial charge in [0.15, 0.2) is 0 Å². The Morgan fingerprint density at radius 1 is 1.06 bits per heavy atom. The highest BCUT2D eigenvalue weighted by atomic mass is 16.1. The lowest BCUT2D eigenvalue weighted by atomic mass is 10.1. The van der Waals surface area contributed by atoms with Crippen LogP contribution in [0.25, 0.3) is 0 Å². The van der Waals surface area contributed by atoms with E-state index < -0.39 is 0 Å². The van der Waals surface area contributed by atoms with Gasteiger partial charge in [-0.2, -0.15) is 0 Å². The Balaban J connectivity index is 0.000000202. The first-order chi connectivity index (χ1) is 8.88. The summed E-state index contributed by atoms with van der Waals surface area (Å²) >= 11 is 0. The number of aromatic amines is 1. The molecule has 18 heavy (non-hydrogen) atoms. The van der Waals surface area contributed by atoms with Crippen molar-refractivity contribution in [1.29, 1.82) is 0 Å². The summed E-state index contributed by atoms with van der Waals surface area (Å²) in [6.45, 7) is 1.14. The van der Waals surface area contributed by atoms with Gasteiger partial charge >= 0.3 is 0 Å². The average molecular weight is 240 g/mol. The predicted molar refractivity (Wildman–Crippen MR) is 72.4 cm³/mol. The van der Waals surface area contributed by atoms with Crippen LogP contribution < -0.4 is 5.32 Å². The van der Waals surface area contributed by atoms with Gasteiger partial charge in [0.25, 0.3) is 0 Å². The van der Waals surface area contributed by atoms with Crippen molar-refractivity contribution in [3.8, 4) is 0 Å². The third-order valence-corrected chi connectivity index (χ3v) is 2.57. The van der Waals surface area contributed by atoms with Crippen molar-refractivity contribution in [2.24, 2.45) is 0 Å². The van der Waals surface area contributed by atoms with Crippen LogP contribution in [0.1, 0.15) is 22.5 Å². The van der Waals surface area contributed by atoms with Gasteiger partial charge in [-0.25, -0.2) is 0 Å². The second-order valence-corrected chi connectivity index (χ2v) is 3.92. The summed E-state index contributed by atoms with van der Waals surface area (Å²) in [5.41, 5.74) is 1.34. The number of benzene rings is 1. The van der Waals surface area contributed by atoms with Crippen LogP contribution in [0.5, 0.6) is 0 Å². The fraction of sp³-hybridized carbons (Fsp3) is 0.133. The topological polar surface area (TPSA) is 44.9 Å². The predicted octanol–water partition coefficient (Wildman–Crippen LogP) is 2.74. The summed E-state index contributed by atoms with van der Waals surface area (Å²) < 4.78 is 0. The van der Waals surface area contributed by atoms with E-state index in [9.17, 15) is 4.79 Å². The molecule has 0 atom stereocenters. The standard InChI is InChI=1S/C11H9NO.C4H7N/c13-11(10-7-4-8-12-10)9-5-2-1-3-6-9;1-2-4-5-3-1/h1-8,12H;1,3,5H,2,4H2. The van der Waals surface area contributed by atoms with Gasteiger partial charge < -0.3 is 10.3 Å². The number of carbonyl (C=O) groups is 1. The summed E-state index contributed by atoms with van der Waals surface area (Å²) in [5, 5.41) is 3.04. The lowest BCUT2D eigenvalue weighted by Crippen LogP contribution is -2.00. The molecule has 3 heteroatoms. The molecular weight excluding hydrogens is 224 g/mol. The molecule has 0 aliphatic carbocycles. The van der Waals surface area contributed by atoms with Gasteiger partial charge in [-0.05, 0) is 24.8 Å². The minimum Gasteiger partial charge on any atom is -0.391 e. The lowest BCUT2D eigenvalue weighted by molar-refractivity contribution is 0.103. The zero-order chi connectivity index (χ0) is 12.6. The van der Waals surface area contributed by atoms with Crippen molar-refractivity contribution < 1.29 is 4.79 Å². The number of carbonyl (C=O) groups excluding carboxylic acids is 1. The molecule has 0 spiro atoms. The summed E-state index contributed by atoms with van der Waals surface area (Å²) in [5.74, 6) is 0.0330. The molecule has 0 saturated heterocycles. The average Bonchev–Trinajstić information content (AvgIpc) is 3.14. The van der Waals surface area contributed by atoms with E-state index >= 15 is 0 Å². The zero-order valence-corrected chi connectivity index (χ0v) is 10.1. The van der Waals surface area contributed by atoms with Crippen molar-refractivity contribution in [3.63, 3.8) is 0 Å². The fourth-order valence-corrected chi connectivity index (χ4v) is 1.63. The molecule has 1 aromatic heterocycles. The molecule has 2 aromatic rings. The molecule has 3 nitrogen and oxygen atoms in total. The van der Waals surface area contributed by atoms with E-state index in [1.54, 1.807) is 12.3 Å². The maximum atomic E-state index is 11.7. The lowest BCUT2D eigenvalue weighted by Gasteiger charge is -1.96. The molecule has 0 saturated carbocycles. The molecular formula is C15H16N2O. The van der Waals surface area contributed by atoms with Gasteiger partial charge in [0.2, 0.25) is 5.78 Å². The van der Waals surface area contributed by atoms with Crippen molar-refractivity contribution >= 4 is 5.78 Å². The third kappa shape index (κ3) is 3.35. The van der Waals surface area contributed by atoms with Crippen molar-refractivity contribution in [1.82, 2.24) is 10.3 Å². The van der Waals surface area contributed by atoms with Crippen LogP contribution in [0.4, 0.5) is 0 Å². The Morgan fingerprint density at radius 2 is 1.89 bits per heavy atom. The largest absolute Gasteiger partial charge is 0.391 e. The van der Waals surface area contributed by atoms with Crippen LogP contribution in [0.15, 0.2) is 60.9 Å². The van der Waals surface area contributed by atoms with Gasteiger partial charge in [0, 0.05) is 18.3 Å². The summed E-state index contributed by atoms with van der Waals surface area (Å²) in [6.07, 6.45) is 7.07. The normalized spacial score (nSPS) is 12.4. The first-order valence-electron chi connectivity index (χ1n) is 5.99. The van der Waals surface area contributed by atoms with Crippen LogP contribution in [-0.2, 0) is 0 Å². The maximum absolute atomic E-state index is 11.7. The van der Waals surface area contributed by atoms with Crippen molar-refractivity contribution in [2.75, 3.05) is 6.54 Å². The SMILES string of the molecule is C1=CNCC1.O=C(c1ccccc1)c1ccc[nH]1. The van der Waals surface area contributed by atoms with Gasteiger partial charge in [0.05, 0.1) is 5.69 Å². The molecule has 0 bridgehead atoms. The molecule has 1 aliphatic rings. The molecule has 92 valence electrons. The quantitative estimate of drug-likeness (QED) is 0.793. The van der Waals surface area contributed by atoms with Crippen LogP contribution in [0.2, 0.25) is 0 Å². The Labute approximate surface area is 107 Å². The highest BCUT2D eigenvalue weighted by Gasteiger charge is 2.07. The van der Waals surface area contributed by atoms with Gasteiger partial charge in [-0.1, -0.05) is 36.4 Å². The van der Waals surface area contributed by atoms with E-state index in [-0.39, 0.29) is 5.78 Å². The van der Waals surface area contributed by atoms with Crippen molar-refractivity contribution in [2.45, 2.75) is 6.42 Å². The van der Waals surface area contributed by atoms with Gasteiger partial charge in [-0.3, -0.25) is 4.79 Å². The highest BCUT2D eigenvalue weighted by molar-refractivity contribution is 6.07. The zero-order valence-electron chi connectivity index (χ0n) is 10.1. The second kappa shape index (κ2) is 6.45. The van der Waals surface area contributed by atoms with Gasteiger partial charge in [-0.15, -0.1) is 0 Å². The van der Waals surface area contributed by atoms with E-state index in [2.05, 4.69) is 16.4 Å². The molecule has 0 amide bonds. The minimum absolute atomic E-state index is 0.0330. The number of aromatic nitrogens is 1. The minimum atomic E-state index is 0.0330. The van der Waals surface area contributed by atoms with E-state index in [4.69, 9.17) is 0 Å². The molecule has 0 fully saturated rings. The molecule has 0 radical (unpaired) electrons. The van der Waals surface area contributed by atoms with Crippen LogP contribution in [-0.4, -0.2) is 17.3 Å². The summed E-state index contributed by atoms with van der Waals surface area (Å²) in [4.78, 5) is 14.6. The van der Waals surface area contributed by atoms with E-state index in [0.29, 0.717) is 11.3 Å². The van der Waals surface area contributed by atoms with Crippen LogP contribution in [0.3, 0.4) is 0 Å². The van der Waals surface area contributed by atoms with E-state index in [1.807, 2.05) is 42.6 Å². The molecule has 0 unspecified atom stereocenters. The number of ketones is 1. The van der Waals surface area contributed by atoms with Gasteiger partial charge in [0.1, 0.15) is 0 Å². The Morgan fingerprint density at radius 3 is 2.39 bits per heavy atom. The molecule has 1 aliphatic heterocycles. The molecule has 1 aromatic carbocycles. The first-order valence-corrected chi connectivity index (χ1v) is 5.99. The van der Waals surface area contributed by atoms with E-state index in [1.165, 1.54) is 6.42 Å². The highest BCUT2D eigenvalue weighted by Crippen LogP contribution is 2.06. The Bertz CT molecular complexity index is 495. The fourth-order valence-electron chi connectivity index (χ4n) is 1.63. The maximum Gasteiger partial charge on any atom is 0.209 e. The Kier molecular flexibility index (Phi) is 4.36. The van der Waals surface area contributed by atoms with Crippen LogP contribution >= 0.6 is 0 Å². The summed E-state index contributed by atoms with van der Waals surface area (Å²) in [7, 11) is 0. The number of H-pyrrole nitrogens is 1. The Hall–Kier alpha value is -2.29. The summed E-state index contributed by atoms with van der Waals surface area (Å²) in [6, 6.07) is 12.8. The number of hydrogen-bond acceptors (Lipinski definition) is 2. The van der Waals surface area contributed by atoms with Crippen molar-refractivity contribution in [3.05, 3.63) is 72.2 Å². The first kappa shape index (κ1) is 12.2. The number of hydrogen-bond donors (Lipinski definition) is 2. The smallest absolute Gasteiger partial charge is 0.209 e. The van der Waals surface area contributed by atoms with E-state index in [0.717, 1.165) is 6.54 Å². The van der Waals surface area contributed by atoms with Crippen LogP contribution in [0, 0.1) is 0 Å². The molecule has 2 N–H and O–H groups in total. The number of nitrogens with one attached hydrogen (secondary N) is 2. The second-order valence-electron chi connectivity index (χ2n) is 3.92.